The van der Waals surface area contributed by atoms with E-state index in [1.165, 1.54) is 22.3 Å². The van der Waals surface area contributed by atoms with Gasteiger partial charge in [-0.2, -0.15) is 0 Å². The van der Waals surface area contributed by atoms with Gasteiger partial charge in [0.2, 0.25) is 0 Å². The molecule has 18 heavy (non-hydrogen) atoms. The minimum Gasteiger partial charge on any atom is -0.394 e. The third-order valence-electron chi connectivity index (χ3n) is 4.09. The molecule has 2 nitrogen and oxygen atoms in total. The topological polar surface area (TPSA) is 23.5 Å². The Bertz CT molecular complexity index is 410. The van der Waals surface area contributed by atoms with E-state index < -0.39 is 0 Å². The zero-order valence-electron chi connectivity index (χ0n) is 12.7. The largest absolute Gasteiger partial charge is 0.394 e. The predicted molar refractivity (Wildman–Crippen MR) is 78.2 cm³/mol. The summed E-state index contributed by atoms with van der Waals surface area (Å²) < 4.78 is 0. The summed E-state index contributed by atoms with van der Waals surface area (Å²) in [6.07, 6.45) is 1.03. The molecule has 102 valence electrons. The van der Waals surface area contributed by atoms with Gasteiger partial charge in [-0.05, 0) is 70.3 Å². The summed E-state index contributed by atoms with van der Waals surface area (Å²) in [5.41, 5.74) is 5.36. The van der Waals surface area contributed by atoms with Crippen LogP contribution in [-0.4, -0.2) is 35.7 Å². The molecule has 0 aliphatic heterocycles. The predicted octanol–water partition coefficient (Wildman–Crippen LogP) is 2.86. The fourth-order valence-electron chi connectivity index (χ4n) is 2.00. The third-order valence-corrected chi connectivity index (χ3v) is 4.09. The Morgan fingerprint density at radius 2 is 1.61 bits per heavy atom. The minimum atomic E-state index is -0.145. The third kappa shape index (κ3) is 3.56. The lowest BCUT2D eigenvalue weighted by Crippen LogP contribution is -2.45. The van der Waals surface area contributed by atoms with Gasteiger partial charge in [0.25, 0.3) is 0 Å². The summed E-state index contributed by atoms with van der Waals surface area (Å²) >= 11 is 0. The van der Waals surface area contributed by atoms with E-state index >= 15 is 0 Å². The van der Waals surface area contributed by atoms with Crippen molar-refractivity contribution in [3.8, 4) is 0 Å². The van der Waals surface area contributed by atoms with Crippen LogP contribution in [-0.2, 0) is 6.42 Å². The maximum Gasteiger partial charge on any atom is 0.0609 e. The molecule has 1 rings (SSSR count). The summed E-state index contributed by atoms with van der Waals surface area (Å²) in [4.78, 5) is 2.22. The monoisotopic (exact) mass is 249 g/mol. The summed E-state index contributed by atoms with van der Waals surface area (Å²) in [6.45, 7) is 11.8. The fourth-order valence-corrected chi connectivity index (χ4v) is 2.00. The Kier molecular flexibility index (Phi) is 4.94. The van der Waals surface area contributed by atoms with Crippen molar-refractivity contribution in [1.29, 1.82) is 0 Å². The van der Waals surface area contributed by atoms with E-state index in [1.54, 1.807) is 0 Å². The number of aliphatic hydroxyl groups is 1. The molecule has 0 unspecified atom stereocenters. The van der Waals surface area contributed by atoms with E-state index in [0.29, 0.717) is 0 Å². The SMILES string of the molecule is Cc1cc(C)c(CCN(C)C(C)(C)CO)cc1C. The summed E-state index contributed by atoms with van der Waals surface area (Å²) in [6, 6.07) is 4.56. The Labute approximate surface area is 112 Å². The quantitative estimate of drug-likeness (QED) is 0.867. The lowest BCUT2D eigenvalue weighted by Gasteiger charge is -2.34. The summed E-state index contributed by atoms with van der Waals surface area (Å²) in [7, 11) is 2.08. The van der Waals surface area contributed by atoms with Crippen LogP contribution in [0.2, 0.25) is 0 Å². The van der Waals surface area contributed by atoms with Crippen LogP contribution in [0.4, 0.5) is 0 Å². The molecule has 0 aromatic heterocycles. The zero-order chi connectivity index (χ0) is 13.9. The highest BCUT2D eigenvalue weighted by Gasteiger charge is 2.21. The first kappa shape index (κ1) is 15.2. The van der Waals surface area contributed by atoms with Gasteiger partial charge >= 0.3 is 0 Å². The number of benzene rings is 1. The minimum absolute atomic E-state index is 0.145. The summed E-state index contributed by atoms with van der Waals surface area (Å²) in [5.74, 6) is 0. The molecule has 0 heterocycles. The Balaban J connectivity index is 2.72. The van der Waals surface area contributed by atoms with Crippen molar-refractivity contribution in [3.05, 3.63) is 34.4 Å². The Morgan fingerprint density at radius 1 is 1.06 bits per heavy atom. The highest BCUT2D eigenvalue weighted by Crippen LogP contribution is 2.17. The van der Waals surface area contributed by atoms with Gasteiger partial charge in [0.15, 0.2) is 0 Å². The smallest absolute Gasteiger partial charge is 0.0609 e. The van der Waals surface area contributed by atoms with Crippen molar-refractivity contribution in [2.45, 2.75) is 46.6 Å². The first-order valence-corrected chi connectivity index (χ1v) is 6.67. The van der Waals surface area contributed by atoms with E-state index in [-0.39, 0.29) is 12.1 Å². The lowest BCUT2D eigenvalue weighted by molar-refractivity contribution is 0.0800. The second-order valence-corrected chi connectivity index (χ2v) is 6.01. The standard InChI is InChI=1S/C16H27NO/c1-12-9-14(3)15(10-13(12)2)7-8-17(6)16(4,5)11-18/h9-10,18H,7-8,11H2,1-6H3. The molecule has 1 N–H and O–H groups in total. The zero-order valence-corrected chi connectivity index (χ0v) is 12.7. The number of nitrogens with zero attached hydrogens (tertiary/aromatic N) is 1. The molecule has 1 aromatic carbocycles. The first-order valence-electron chi connectivity index (χ1n) is 6.67. The van der Waals surface area contributed by atoms with Crippen LogP contribution < -0.4 is 0 Å². The molecule has 0 atom stereocenters. The van der Waals surface area contributed by atoms with E-state index in [0.717, 1.165) is 13.0 Å². The molecule has 0 aliphatic carbocycles. The van der Waals surface area contributed by atoms with Crippen molar-refractivity contribution in [1.82, 2.24) is 4.90 Å². The van der Waals surface area contributed by atoms with Crippen LogP contribution in [0.1, 0.15) is 36.1 Å². The molecule has 0 fully saturated rings. The number of likely N-dealkylation sites (N-methyl/N-ethyl adjacent to an activating group) is 1. The van der Waals surface area contributed by atoms with Crippen LogP contribution in [0, 0.1) is 20.8 Å². The molecule has 0 saturated carbocycles. The summed E-state index contributed by atoms with van der Waals surface area (Å²) in [5, 5.41) is 9.36. The van der Waals surface area contributed by atoms with Crippen molar-refractivity contribution in [3.63, 3.8) is 0 Å². The van der Waals surface area contributed by atoms with Crippen molar-refractivity contribution in [2.75, 3.05) is 20.2 Å². The number of hydrogen-bond donors (Lipinski definition) is 1. The van der Waals surface area contributed by atoms with Gasteiger partial charge in [-0.1, -0.05) is 12.1 Å². The van der Waals surface area contributed by atoms with Crippen LogP contribution in [0.15, 0.2) is 12.1 Å². The Morgan fingerprint density at radius 3 is 2.17 bits per heavy atom. The van der Waals surface area contributed by atoms with Gasteiger partial charge in [-0.15, -0.1) is 0 Å². The van der Waals surface area contributed by atoms with Gasteiger partial charge in [-0.3, -0.25) is 4.90 Å². The molecule has 0 amide bonds. The lowest BCUT2D eigenvalue weighted by atomic mass is 9.97. The Hall–Kier alpha value is -0.860. The van der Waals surface area contributed by atoms with Crippen LogP contribution in [0.3, 0.4) is 0 Å². The van der Waals surface area contributed by atoms with Gasteiger partial charge < -0.3 is 5.11 Å². The average Bonchev–Trinajstić information content (AvgIpc) is 2.31. The van der Waals surface area contributed by atoms with Crippen LogP contribution >= 0.6 is 0 Å². The number of hydrogen-bond acceptors (Lipinski definition) is 2. The normalized spacial score (nSPS) is 12.2. The first-order chi connectivity index (χ1) is 8.27. The molecule has 0 bridgehead atoms. The highest BCUT2D eigenvalue weighted by atomic mass is 16.3. The van der Waals surface area contributed by atoms with E-state index in [4.69, 9.17) is 0 Å². The van der Waals surface area contributed by atoms with Crippen molar-refractivity contribution in [2.24, 2.45) is 0 Å². The molecular formula is C16H27NO. The number of aryl methyl sites for hydroxylation is 3. The van der Waals surface area contributed by atoms with Crippen LogP contribution in [0.5, 0.6) is 0 Å². The average molecular weight is 249 g/mol. The molecule has 0 radical (unpaired) electrons. The number of aliphatic hydroxyl groups excluding tert-OH is 1. The highest BCUT2D eigenvalue weighted by molar-refractivity contribution is 5.36. The maximum absolute atomic E-state index is 9.36. The van der Waals surface area contributed by atoms with Gasteiger partial charge in [-0.25, -0.2) is 0 Å². The second-order valence-electron chi connectivity index (χ2n) is 6.01. The van der Waals surface area contributed by atoms with Crippen molar-refractivity contribution >= 4 is 0 Å². The molecule has 0 spiro atoms. The van der Waals surface area contributed by atoms with Gasteiger partial charge in [0, 0.05) is 12.1 Å². The van der Waals surface area contributed by atoms with Gasteiger partial charge in [0.05, 0.1) is 6.61 Å². The molecule has 1 aromatic rings. The fraction of sp³-hybridized carbons (Fsp3) is 0.625. The second kappa shape index (κ2) is 5.85. The van der Waals surface area contributed by atoms with E-state index in [9.17, 15) is 5.11 Å². The molecule has 0 aliphatic rings. The maximum atomic E-state index is 9.36. The molecule has 2 heteroatoms. The van der Waals surface area contributed by atoms with E-state index in [2.05, 4.69) is 58.7 Å². The number of rotatable bonds is 5. The van der Waals surface area contributed by atoms with E-state index in [1.807, 2.05) is 0 Å². The molecule has 0 saturated heterocycles. The molecular weight excluding hydrogens is 222 g/mol. The van der Waals surface area contributed by atoms with Gasteiger partial charge in [0.1, 0.15) is 0 Å². The van der Waals surface area contributed by atoms with Crippen molar-refractivity contribution < 1.29 is 5.11 Å². The van der Waals surface area contributed by atoms with Crippen LogP contribution in [0.25, 0.3) is 0 Å².